The quantitative estimate of drug-likeness (QED) is 0.207. The molecule has 8 nitrogen and oxygen atoms in total. The molecule has 196 valence electrons. The maximum absolute atomic E-state index is 12.8. The molecule has 1 N–H and O–H groups in total. The minimum atomic E-state index is -0.461. The summed E-state index contributed by atoms with van der Waals surface area (Å²) in [6.07, 6.45) is 2.17. The van der Waals surface area contributed by atoms with Crippen LogP contribution in [0.4, 0.5) is 4.79 Å². The summed E-state index contributed by atoms with van der Waals surface area (Å²) in [4.78, 5) is 36.0. The van der Waals surface area contributed by atoms with Crippen LogP contribution in [0.1, 0.15) is 23.6 Å². The average Bonchev–Trinajstić information content (AvgIpc) is 3.24. The summed E-state index contributed by atoms with van der Waals surface area (Å²) >= 11 is 1.01. The number of hydrogen-bond donors (Lipinski definition) is 1. The molecule has 1 saturated heterocycles. The van der Waals surface area contributed by atoms with E-state index < -0.39 is 11.2 Å². The summed E-state index contributed by atoms with van der Waals surface area (Å²) in [7, 11) is 3.10. The Morgan fingerprint density at radius 2 is 1.63 bits per heavy atom. The van der Waals surface area contributed by atoms with Crippen molar-refractivity contribution in [1.82, 2.24) is 5.32 Å². The summed E-state index contributed by atoms with van der Waals surface area (Å²) in [6.45, 7) is 1.99. The first-order valence-electron chi connectivity index (χ1n) is 11.9. The van der Waals surface area contributed by atoms with Gasteiger partial charge in [0.05, 0.1) is 31.6 Å². The van der Waals surface area contributed by atoms with E-state index in [-0.39, 0.29) is 17.8 Å². The molecule has 9 heteroatoms. The molecule has 0 radical (unpaired) electrons. The van der Waals surface area contributed by atoms with E-state index in [1.165, 1.54) is 0 Å². The summed E-state index contributed by atoms with van der Waals surface area (Å²) < 4.78 is 22.1. The normalized spacial score (nSPS) is 15.1. The first-order valence-corrected chi connectivity index (χ1v) is 12.8. The molecule has 0 saturated carbocycles. The lowest BCUT2D eigenvalue weighted by Crippen LogP contribution is -2.25. The number of hydrogen-bond acceptors (Lipinski definition) is 8. The zero-order valence-electron chi connectivity index (χ0n) is 21.2. The van der Waals surface area contributed by atoms with Crippen LogP contribution in [-0.4, -0.2) is 43.2 Å². The molecular formula is C29H27NO7S. The monoisotopic (exact) mass is 533 g/mol. The highest BCUT2D eigenvalue weighted by atomic mass is 32.2. The van der Waals surface area contributed by atoms with E-state index >= 15 is 0 Å². The van der Waals surface area contributed by atoms with Gasteiger partial charge in [0.25, 0.3) is 5.24 Å². The fourth-order valence-electron chi connectivity index (χ4n) is 3.92. The largest absolute Gasteiger partial charge is 0.493 e. The number of benzene rings is 3. The zero-order chi connectivity index (χ0) is 27.1. The van der Waals surface area contributed by atoms with Gasteiger partial charge in [-0.3, -0.25) is 14.9 Å². The second-order valence-electron chi connectivity index (χ2n) is 8.22. The Morgan fingerprint density at radius 1 is 0.947 bits per heavy atom. The van der Waals surface area contributed by atoms with E-state index in [0.29, 0.717) is 46.1 Å². The second kappa shape index (κ2) is 12.3. The smallest absolute Gasteiger partial charge is 0.338 e. The lowest BCUT2D eigenvalue weighted by Gasteiger charge is -2.13. The van der Waals surface area contributed by atoms with Crippen molar-refractivity contribution in [2.75, 3.05) is 20.8 Å². The molecule has 38 heavy (non-hydrogen) atoms. The van der Waals surface area contributed by atoms with Crippen LogP contribution in [0.25, 0.3) is 11.6 Å². The molecule has 1 fully saturated rings. The van der Waals surface area contributed by atoms with E-state index in [1.54, 1.807) is 57.6 Å². The number of imide groups is 1. The number of ether oxygens (including phenoxy) is 4. The Kier molecular flexibility index (Phi) is 8.70. The van der Waals surface area contributed by atoms with Gasteiger partial charge < -0.3 is 18.9 Å². The van der Waals surface area contributed by atoms with Gasteiger partial charge in [0.1, 0.15) is 11.5 Å². The van der Waals surface area contributed by atoms with Gasteiger partial charge in [0.2, 0.25) is 5.91 Å². The number of amides is 2. The van der Waals surface area contributed by atoms with Gasteiger partial charge in [-0.25, -0.2) is 4.79 Å². The van der Waals surface area contributed by atoms with Crippen molar-refractivity contribution in [2.45, 2.75) is 18.6 Å². The van der Waals surface area contributed by atoms with Crippen LogP contribution >= 0.6 is 11.8 Å². The number of esters is 1. The van der Waals surface area contributed by atoms with Crippen LogP contribution in [-0.2, 0) is 20.7 Å². The van der Waals surface area contributed by atoms with E-state index in [0.717, 1.165) is 17.3 Å². The van der Waals surface area contributed by atoms with Crippen LogP contribution < -0.4 is 19.5 Å². The van der Waals surface area contributed by atoms with Crippen molar-refractivity contribution in [2.24, 2.45) is 0 Å². The van der Waals surface area contributed by atoms with E-state index in [4.69, 9.17) is 18.9 Å². The number of carbonyl (C=O) groups is 3. The fraction of sp³-hybridized carbons (Fsp3) is 0.207. The van der Waals surface area contributed by atoms with Crippen LogP contribution in [0, 0.1) is 0 Å². The third kappa shape index (κ3) is 6.36. The van der Waals surface area contributed by atoms with Crippen molar-refractivity contribution in [3.63, 3.8) is 0 Å². The molecule has 1 aliphatic heterocycles. The number of nitrogens with one attached hydrogen (secondary N) is 1. The Bertz CT molecular complexity index is 1350. The van der Waals surface area contributed by atoms with Crippen LogP contribution in [0.3, 0.4) is 0 Å². The predicted octanol–water partition coefficient (Wildman–Crippen LogP) is 5.49. The lowest BCUT2D eigenvalue weighted by molar-refractivity contribution is -0.136. The molecular weight excluding hydrogens is 506 g/mol. The summed E-state index contributed by atoms with van der Waals surface area (Å²) in [5.74, 6) is 1.54. The first-order chi connectivity index (χ1) is 18.4. The van der Waals surface area contributed by atoms with Crippen molar-refractivity contribution in [3.8, 4) is 23.0 Å². The molecule has 0 spiro atoms. The number of rotatable bonds is 10. The minimum Gasteiger partial charge on any atom is -0.493 e. The van der Waals surface area contributed by atoms with Gasteiger partial charge in [-0.05, 0) is 60.9 Å². The van der Waals surface area contributed by atoms with E-state index in [2.05, 4.69) is 5.32 Å². The zero-order valence-corrected chi connectivity index (χ0v) is 22.0. The van der Waals surface area contributed by atoms with Gasteiger partial charge in [-0.1, -0.05) is 48.2 Å². The highest BCUT2D eigenvalue weighted by Gasteiger charge is 2.31. The van der Waals surface area contributed by atoms with Crippen LogP contribution in [0.2, 0.25) is 0 Å². The number of thioether (sulfide) groups is 1. The highest BCUT2D eigenvalue weighted by Crippen LogP contribution is 2.34. The molecule has 1 heterocycles. The molecule has 3 aromatic carbocycles. The van der Waals surface area contributed by atoms with Gasteiger partial charge >= 0.3 is 5.97 Å². The van der Waals surface area contributed by atoms with Gasteiger partial charge in [-0.2, -0.15) is 0 Å². The molecule has 0 bridgehead atoms. The Hall–Kier alpha value is -4.24. The molecule has 3 aromatic rings. The topological polar surface area (TPSA) is 100 Å². The van der Waals surface area contributed by atoms with Crippen molar-refractivity contribution >= 4 is 40.5 Å². The van der Waals surface area contributed by atoms with E-state index in [9.17, 15) is 14.4 Å². The summed E-state index contributed by atoms with van der Waals surface area (Å²) in [5, 5.41) is 1.57. The molecule has 1 aliphatic rings. The molecule has 0 aliphatic carbocycles. The molecule has 4 rings (SSSR count). The predicted molar refractivity (Wildman–Crippen MR) is 146 cm³/mol. The SMILES string of the molecule is CCOC(=O)/C(=C/c1cccc(OC)c1OC)c1ccc(Oc2ccc(CC3SC(=O)NC3=O)cc2)cc1. The first kappa shape index (κ1) is 26.8. The van der Waals surface area contributed by atoms with Gasteiger partial charge in [0.15, 0.2) is 11.5 Å². The lowest BCUT2D eigenvalue weighted by atomic mass is 10.0. The van der Waals surface area contributed by atoms with Gasteiger partial charge in [0, 0.05) is 5.56 Å². The highest BCUT2D eigenvalue weighted by molar-refractivity contribution is 8.15. The van der Waals surface area contributed by atoms with Gasteiger partial charge in [-0.15, -0.1) is 0 Å². The molecule has 1 unspecified atom stereocenters. The Morgan fingerprint density at radius 3 is 2.21 bits per heavy atom. The van der Waals surface area contributed by atoms with Crippen molar-refractivity contribution < 1.29 is 33.3 Å². The fourth-order valence-corrected chi connectivity index (χ4v) is 4.78. The number of methoxy groups -OCH3 is 2. The minimum absolute atomic E-state index is 0.239. The third-order valence-corrected chi connectivity index (χ3v) is 6.72. The maximum atomic E-state index is 12.8. The summed E-state index contributed by atoms with van der Waals surface area (Å²) in [5.41, 5.74) is 2.61. The molecule has 2 amide bonds. The number of carbonyl (C=O) groups excluding carboxylic acids is 3. The molecule has 0 aromatic heterocycles. The van der Waals surface area contributed by atoms with Crippen molar-refractivity contribution in [3.05, 3.63) is 83.4 Å². The average molecular weight is 534 g/mol. The maximum Gasteiger partial charge on any atom is 0.338 e. The van der Waals surface area contributed by atoms with Crippen LogP contribution in [0.5, 0.6) is 23.0 Å². The Labute approximate surface area is 224 Å². The van der Waals surface area contributed by atoms with Crippen molar-refractivity contribution in [1.29, 1.82) is 0 Å². The van der Waals surface area contributed by atoms with Crippen LogP contribution in [0.15, 0.2) is 66.7 Å². The second-order valence-corrected chi connectivity index (χ2v) is 9.39. The number of para-hydroxylation sites is 1. The summed E-state index contributed by atoms with van der Waals surface area (Å²) in [6, 6.07) is 19.9. The Balaban J connectivity index is 1.51. The third-order valence-electron chi connectivity index (χ3n) is 5.74. The standard InChI is InChI=1S/C29H27NO7S/c1-4-36-28(32)23(17-20-6-5-7-24(34-2)26(20)35-3)19-10-14-22(15-11-19)37-21-12-8-18(9-13-21)16-25-27(31)30-29(33)38-25/h5-15,17,25H,4,16H2,1-3H3,(H,30,31,33)/b23-17+. The molecule has 1 atom stereocenters. The van der Waals surface area contributed by atoms with E-state index in [1.807, 2.05) is 36.4 Å².